The van der Waals surface area contributed by atoms with Gasteiger partial charge in [-0.3, -0.25) is 9.59 Å². The first-order chi connectivity index (χ1) is 18.6. The highest BCUT2D eigenvalue weighted by atomic mass is 19.4. The van der Waals surface area contributed by atoms with Crippen molar-refractivity contribution >= 4 is 22.8 Å². The zero-order valence-corrected chi connectivity index (χ0v) is 22.4. The number of carbonyl (C=O) groups excluding carboxylic acids is 2. The molecule has 0 atom stereocenters. The normalized spacial score (nSPS) is 14.5. The molecule has 2 amide bonds. The van der Waals surface area contributed by atoms with Gasteiger partial charge in [0.05, 0.1) is 18.2 Å². The number of likely N-dealkylation sites (tertiary alicyclic amines) is 1. The van der Waals surface area contributed by atoms with E-state index in [1.807, 2.05) is 6.92 Å². The number of aryl methyl sites for hydroxylation is 2. The maximum Gasteiger partial charge on any atom is 0.422 e. The van der Waals surface area contributed by atoms with E-state index in [2.05, 4.69) is 10.3 Å². The number of hydrogen-bond donors (Lipinski definition) is 1. The predicted octanol–water partition coefficient (Wildman–Crippen LogP) is 4.28. The number of methoxy groups -OCH3 is 1. The third-order valence-electron chi connectivity index (χ3n) is 6.87. The van der Waals surface area contributed by atoms with E-state index in [4.69, 9.17) is 14.5 Å². The molecule has 1 aliphatic rings. The minimum Gasteiger partial charge on any atom is -0.481 e. The number of amides is 2. The lowest BCUT2D eigenvalue weighted by Crippen LogP contribution is -2.46. The lowest BCUT2D eigenvalue weighted by atomic mass is 10.0. The van der Waals surface area contributed by atoms with Gasteiger partial charge < -0.3 is 24.3 Å². The first kappa shape index (κ1) is 28.2. The van der Waals surface area contributed by atoms with Gasteiger partial charge in [-0.1, -0.05) is 13.8 Å². The highest BCUT2D eigenvalue weighted by Gasteiger charge is 2.33. The fraction of sp³-hybridized carbons (Fsp3) is 0.481. The second-order valence-electron chi connectivity index (χ2n) is 9.42. The van der Waals surface area contributed by atoms with E-state index >= 15 is 0 Å². The van der Waals surface area contributed by atoms with Crippen molar-refractivity contribution in [1.29, 1.82) is 0 Å². The summed E-state index contributed by atoms with van der Waals surface area (Å²) in [6.07, 6.45) is -0.955. The van der Waals surface area contributed by atoms with Gasteiger partial charge >= 0.3 is 6.18 Å². The minimum atomic E-state index is -4.60. The van der Waals surface area contributed by atoms with Gasteiger partial charge in [0.1, 0.15) is 5.65 Å². The molecule has 1 aliphatic heterocycles. The van der Waals surface area contributed by atoms with E-state index in [1.54, 1.807) is 43.3 Å². The van der Waals surface area contributed by atoms with Crippen molar-refractivity contribution in [1.82, 2.24) is 24.8 Å². The fourth-order valence-electron chi connectivity index (χ4n) is 4.83. The van der Waals surface area contributed by atoms with Crippen LogP contribution < -0.4 is 14.8 Å². The van der Waals surface area contributed by atoms with Crippen molar-refractivity contribution in [3.63, 3.8) is 0 Å². The molecule has 0 aromatic carbocycles. The molecule has 0 bridgehead atoms. The van der Waals surface area contributed by atoms with Crippen LogP contribution in [0.25, 0.3) is 22.2 Å². The lowest BCUT2D eigenvalue weighted by molar-refractivity contribution is -0.153. The molecule has 3 aromatic heterocycles. The molecule has 3 aromatic rings. The summed E-state index contributed by atoms with van der Waals surface area (Å²) in [5.74, 6) is -0.266. The van der Waals surface area contributed by atoms with Gasteiger partial charge in [-0.05, 0) is 31.4 Å². The van der Waals surface area contributed by atoms with Crippen molar-refractivity contribution in [2.45, 2.75) is 51.7 Å². The van der Waals surface area contributed by atoms with E-state index in [9.17, 15) is 22.8 Å². The average molecular weight is 548 g/mol. The third kappa shape index (κ3) is 6.10. The Morgan fingerprint density at radius 3 is 2.46 bits per heavy atom. The summed E-state index contributed by atoms with van der Waals surface area (Å²) in [5, 5.41) is 3.22. The molecule has 1 saturated heterocycles. The van der Waals surface area contributed by atoms with Gasteiger partial charge in [0.25, 0.3) is 5.91 Å². The van der Waals surface area contributed by atoms with E-state index in [1.165, 1.54) is 11.7 Å². The summed E-state index contributed by atoms with van der Waals surface area (Å²) in [6, 6.07) is 4.94. The standard InChI is InChI=1S/C27H32F3N5O4/c1-5-20-18(16-7-8-21(38-4)31-14-16)13-19-24(39-15-27(28,29)30)23(34(3)25(19)33-20)26(37)32-17-9-11-35(12-10-17)22(36)6-2/h7-8,13-14,17H,5-6,9-12,15H2,1-4H3,(H,32,37). The summed E-state index contributed by atoms with van der Waals surface area (Å²) in [4.78, 5) is 36.2. The number of rotatable bonds is 8. The second kappa shape index (κ2) is 11.5. The molecule has 4 heterocycles. The van der Waals surface area contributed by atoms with Crippen LogP contribution >= 0.6 is 0 Å². The summed E-state index contributed by atoms with van der Waals surface area (Å²) >= 11 is 0. The van der Waals surface area contributed by atoms with Crippen LogP contribution in [0.1, 0.15) is 49.3 Å². The first-order valence-corrected chi connectivity index (χ1v) is 12.9. The maximum atomic E-state index is 13.5. The smallest absolute Gasteiger partial charge is 0.422 e. The quantitative estimate of drug-likeness (QED) is 0.452. The molecule has 0 unspecified atom stereocenters. The highest BCUT2D eigenvalue weighted by molar-refractivity contribution is 6.04. The van der Waals surface area contributed by atoms with Gasteiger partial charge in [0.15, 0.2) is 18.1 Å². The number of aromatic nitrogens is 3. The van der Waals surface area contributed by atoms with Gasteiger partial charge in [-0.2, -0.15) is 13.2 Å². The van der Waals surface area contributed by atoms with Crippen LogP contribution in [0.5, 0.6) is 11.6 Å². The number of alkyl halides is 3. The molecule has 0 radical (unpaired) electrons. The van der Waals surface area contributed by atoms with Crippen molar-refractivity contribution in [2.75, 3.05) is 26.8 Å². The Bertz CT molecular complexity index is 1350. The average Bonchev–Trinajstić information content (AvgIpc) is 3.21. The van der Waals surface area contributed by atoms with Crippen molar-refractivity contribution in [2.24, 2.45) is 7.05 Å². The van der Waals surface area contributed by atoms with Crippen LogP contribution in [0.2, 0.25) is 0 Å². The number of nitrogens with one attached hydrogen (secondary N) is 1. The van der Waals surface area contributed by atoms with Crippen LogP contribution in [0.3, 0.4) is 0 Å². The Hall–Kier alpha value is -3.83. The Morgan fingerprint density at radius 1 is 1.18 bits per heavy atom. The van der Waals surface area contributed by atoms with E-state index < -0.39 is 18.7 Å². The molecule has 9 nitrogen and oxygen atoms in total. The zero-order chi connectivity index (χ0) is 28.3. The van der Waals surface area contributed by atoms with Crippen LogP contribution in [0, 0.1) is 0 Å². The second-order valence-corrected chi connectivity index (χ2v) is 9.42. The summed E-state index contributed by atoms with van der Waals surface area (Å²) < 4.78 is 51.5. The monoisotopic (exact) mass is 547 g/mol. The van der Waals surface area contributed by atoms with Gasteiger partial charge in [0.2, 0.25) is 11.8 Å². The molecule has 0 aliphatic carbocycles. The summed E-state index contributed by atoms with van der Waals surface area (Å²) in [7, 11) is 3.09. The molecule has 39 heavy (non-hydrogen) atoms. The molecular weight excluding hydrogens is 515 g/mol. The van der Waals surface area contributed by atoms with Crippen molar-refractivity contribution in [3.05, 3.63) is 35.8 Å². The Kier molecular flexibility index (Phi) is 8.31. The van der Waals surface area contributed by atoms with Gasteiger partial charge in [-0.15, -0.1) is 0 Å². The van der Waals surface area contributed by atoms with E-state index in [0.29, 0.717) is 72.5 Å². The molecule has 12 heteroatoms. The number of nitrogens with zero attached hydrogens (tertiary/aromatic N) is 4. The van der Waals surface area contributed by atoms with Gasteiger partial charge in [0, 0.05) is 56.0 Å². The fourth-order valence-corrected chi connectivity index (χ4v) is 4.83. The molecule has 1 N–H and O–H groups in total. The number of ether oxygens (including phenoxy) is 2. The molecule has 0 saturated carbocycles. The Morgan fingerprint density at radius 2 is 1.90 bits per heavy atom. The first-order valence-electron chi connectivity index (χ1n) is 12.9. The summed E-state index contributed by atoms with van der Waals surface area (Å²) in [5.41, 5.74) is 2.36. The van der Waals surface area contributed by atoms with Crippen molar-refractivity contribution < 1.29 is 32.2 Å². The van der Waals surface area contributed by atoms with Crippen LogP contribution in [0.15, 0.2) is 24.4 Å². The number of hydrogen-bond acceptors (Lipinski definition) is 6. The molecule has 4 rings (SSSR count). The van der Waals surface area contributed by atoms with Crippen LogP contribution in [-0.2, 0) is 18.3 Å². The van der Waals surface area contributed by atoms with Gasteiger partial charge in [-0.25, -0.2) is 9.97 Å². The molecule has 0 spiro atoms. The molecule has 210 valence electrons. The maximum absolute atomic E-state index is 13.5. The van der Waals surface area contributed by atoms with Crippen molar-refractivity contribution in [3.8, 4) is 22.8 Å². The number of carbonyl (C=O) groups is 2. The largest absolute Gasteiger partial charge is 0.481 e. The molecular formula is C27H32F3N5O4. The topological polar surface area (TPSA) is 98.6 Å². The minimum absolute atomic E-state index is 0.0409. The van der Waals surface area contributed by atoms with E-state index in [0.717, 1.165) is 0 Å². The number of fused-ring (bicyclic) bond motifs is 1. The SMILES string of the molecule is CCC(=O)N1CCC(NC(=O)c2c(OCC(F)(F)F)c3cc(-c4ccc(OC)nc4)c(CC)nc3n2C)CC1. The Labute approximate surface area is 224 Å². The van der Waals surface area contributed by atoms with E-state index in [-0.39, 0.29) is 23.4 Å². The molecule has 1 fully saturated rings. The zero-order valence-electron chi connectivity index (χ0n) is 22.4. The van der Waals surface area contributed by atoms with Crippen LogP contribution in [-0.4, -0.2) is 70.3 Å². The summed E-state index contributed by atoms with van der Waals surface area (Å²) in [6.45, 7) is 3.17. The highest BCUT2D eigenvalue weighted by Crippen LogP contribution is 2.37. The predicted molar refractivity (Wildman–Crippen MR) is 139 cm³/mol. The Balaban J connectivity index is 1.73. The number of pyridine rings is 2. The number of halogens is 3. The number of piperidine rings is 1. The lowest BCUT2D eigenvalue weighted by Gasteiger charge is -2.32. The van der Waals surface area contributed by atoms with Crippen LogP contribution in [0.4, 0.5) is 13.2 Å². The third-order valence-corrected chi connectivity index (χ3v) is 6.87.